The van der Waals surface area contributed by atoms with Gasteiger partial charge < -0.3 is 9.80 Å². The van der Waals surface area contributed by atoms with E-state index in [1.165, 1.54) is 17.8 Å². The molecule has 6 heteroatoms. The molecular weight excluding hydrogens is 343 g/mol. The fraction of sp³-hybridized carbons (Fsp3) is 0.429. The molecule has 1 aromatic heterocycles. The van der Waals surface area contributed by atoms with Crippen molar-refractivity contribution in [1.82, 2.24) is 9.88 Å². The summed E-state index contributed by atoms with van der Waals surface area (Å²) < 4.78 is 13.4. The van der Waals surface area contributed by atoms with Crippen LogP contribution in [-0.2, 0) is 4.79 Å². The first-order valence-corrected chi connectivity index (χ1v) is 9.59. The topological polar surface area (TPSA) is 39.7 Å². The molecular formula is C21H25FN4O. The number of carbonyl (C=O) groups is 1. The van der Waals surface area contributed by atoms with E-state index < -0.39 is 0 Å². The normalized spacial score (nSPS) is 21.6. The van der Waals surface area contributed by atoms with Gasteiger partial charge in [-0.05, 0) is 31.9 Å². The molecule has 142 valence electrons. The van der Waals surface area contributed by atoms with E-state index in [1.54, 1.807) is 6.20 Å². The third-order valence-corrected chi connectivity index (χ3v) is 5.57. The molecule has 0 saturated carbocycles. The SMILES string of the molecule is Cc1ccc(N2CCCC(N3CCN(c4cncc(F)c4)CC3)C2=O)cc1. The molecule has 0 spiro atoms. The highest BCUT2D eigenvalue weighted by Gasteiger charge is 2.35. The highest BCUT2D eigenvalue weighted by Crippen LogP contribution is 2.26. The van der Waals surface area contributed by atoms with E-state index in [1.807, 2.05) is 17.0 Å². The highest BCUT2D eigenvalue weighted by molar-refractivity contribution is 5.98. The largest absolute Gasteiger partial charge is 0.368 e. The van der Waals surface area contributed by atoms with Crippen LogP contribution in [0.25, 0.3) is 0 Å². The predicted octanol–water partition coefficient (Wildman–Crippen LogP) is 2.85. The molecule has 1 amide bonds. The van der Waals surface area contributed by atoms with Crippen LogP contribution < -0.4 is 9.80 Å². The van der Waals surface area contributed by atoms with Crippen molar-refractivity contribution in [3.05, 3.63) is 54.1 Å². The first-order chi connectivity index (χ1) is 13.1. The number of piperazine rings is 1. The van der Waals surface area contributed by atoms with Crippen LogP contribution in [0.4, 0.5) is 15.8 Å². The van der Waals surface area contributed by atoms with Crippen LogP contribution in [0.1, 0.15) is 18.4 Å². The van der Waals surface area contributed by atoms with Gasteiger partial charge in [0, 0.05) is 44.5 Å². The number of hydrogen-bond donors (Lipinski definition) is 0. The number of carbonyl (C=O) groups excluding carboxylic acids is 1. The third kappa shape index (κ3) is 3.81. The Balaban J connectivity index is 1.41. The lowest BCUT2D eigenvalue weighted by Gasteiger charge is -2.43. The van der Waals surface area contributed by atoms with Gasteiger partial charge in [-0.3, -0.25) is 14.7 Å². The van der Waals surface area contributed by atoms with E-state index in [0.29, 0.717) is 0 Å². The Bertz CT molecular complexity index is 802. The van der Waals surface area contributed by atoms with Crippen LogP contribution in [0, 0.1) is 12.7 Å². The first kappa shape index (κ1) is 17.9. The average Bonchev–Trinajstić information content (AvgIpc) is 2.69. The van der Waals surface area contributed by atoms with Gasteiger partial charge in [0.2, 0.25) is 5.91 Å². The number of rotatable bonds is 3. The number of anilines is 2. The molecule has 27 heavy (non-hydrogen) atoms. The van der Waals surface area contributed by atoms with Gasteiger partial charge in [-0.1, -0.05) is 17.7 Å². The lowest BCUT2D eigenvalue weighted by molar-refractivity contribution is -0.125. The van der Waals surface area contributed by atoms with E-state index in [9.17, 15) is 9.18 Å². The van der Waals surface area contributed by atoms with Crippen molar-refractivity contribution in [2.45, 2.75) is 25.8 Å². The Labute approximate surface area is 159 Å². The van der Waals surface area contributed by atoms with E-state index in [2.05, 4.69) is 33.8 Å². The van der Waals surface area contributed by atoms with Crippen LogP contribution in [0.3, 0.4) is 0 Å². The Morgan fingerprint density at radius 1 is 1.00 bits per heavy atom. The standard InChI is InChI=1S/C21H25FN4O/c1-16-4-6-18(7-5-16)26-8-2-3-20(21(26)27)25-11-9-24(10-12-25)19-13-17(22)14-23-15-19/h4-7,13-15,20H,2-3,8-12H2,1H3. The van der Waals surface area contributed by atoms with Crippen molar-refractivity contribution in [2.24, 2.45) is 0 Å². The van der Waals surface area contributed by atoms with Gasteiger partial charge in [-0.2, -0.15) is 0 Å². The number of halogens is 1. The second-order valence-electron chi connectivity index (χ2n) is 7.37. The van der Waals surface area contributed by atoms with Crippen LogP contribution in [0.2, 0.25) is 0 Å². The predicted molar refractivity (Wildman–Crippen MR) is 105 cm³/mol. The maximum atomic E-state index is 13.4. The van der Waals surface area contributed by atoms with Crippen molar-refractivity contribution >= 4 is 17.3 Å². The summed E-state index contributed by atoms with van der Waals surface area (Å²) in [6, 6.07) is 9.63. The summed E-state index contributed by atoms with van der Waals surface area (Å²) in [5.41, 5.74) is 2.99. The smallest absolute Gasteiger partial charge is 0.244 e. The fourth-order valence-electron chi connectivity index (χ4n) is 4.04. The number of amides is 1. The van der Waals surface area contributed by atoms with Crippen LogP contribution in [0.5, 0.6) is 0 Å². The van der Waals surface area contributed by atoms with E-state index in [0.717, 1.165) is 56.9 Å². The van der Waals surface area contributed by atoms with Crippen molar-refractivity contribution in [3.63, 3.8) is 0 Å². The second kappa shape index (κ2) is 7.64. The van der Waals surface area contributed by atoms with Crippen molar-refractivity contribution in [1.29, 1.82) is 0 Å². The summed E-state index contributed by atoms with van der Waals surface area (Å²) in [5.74, 6) is -0.114. The fourth-order valence-corrected chi connectivity index (χ4v) is 4.04. The molecule has 0 aliphatic carbocycles. The van der Waals surface area contributed by atoms with Crippen LogP contribution in [-0.4, -0.2) is 54.6 Å². The number of aromatic nitrogens is 1. The third-order valence-electron chi connectivity index (χ3n) is 5.57. The van der Waals surface area contributed by atoms with Gasteiger partial charge in [-0.25, -0.2) is 4.39 Å². The van der Waals surface area contributed by atoms with Gasteiger partial charge >= 0.3 is 0 Å². The minimum absolute atomic E-state index is 0.0622. The maximum Gasteiger partial charge on any atom is 0.244 e. The zero-order valence-electron chi connectivity index (χ0n) is 15.6. The lowest BCUT2D eigenvalue weighted by atomic mass is 10.0. The molecule has 1 aromatic carbocycles. The van der Waals surface area contributed by atoms with Gasteiger partial charge in [0.25, 0.3) is 0 Å². The number of hydrogen-bond acceptors (Lipinski definition) is 4. The molecule has 2 saturated heterocycles. The Morgan fingerprint density at radius 2 is 1.74 bits per heavy atom. The summed E-state index contributed by atoms with van der Waals surface area (Å²) in [7, 11) is 0. The van der Waals surface area contributed by atoms with E-state index in [4.69, 9.17) is 0 Å². The molecule has 0 bridgehead atoms. The molecule has 2 fully saturated rings. The molecule has 4 rings (SSSR count). The number of benzene rings is 1. The monoisotopic (exact) mass is 368 g/mol. The van der Waals surface area contributed by atoms with Crippen molar-refractivity contribution < 1.29 is 9.18 Å². The van der Waals surface area contributed by atoms with Gasteiger partial charge in [0.05, 0.1) is 24.1 Å². The van der Waals surface area contributed by atoms with Crippen molar-refractivity contribution in [3.8, 4) is 0 Å². The van der Waals surface area contributed by atoms with Crippen LogP contribution >= 0.6 is 0 Å². The Morgan fingerprint density at radius 3 is 2.44 bits per heavy atom. The molecule has 1 atom stereocenters. The molecule has 1 unspecified atom stereocenters. The Hall–Kier alpha value is -2.47. The zero-order valence-corrected chi connectivity index (χ0v) is 15.6. The van der Waals surface area contributed by atoms with Crippen molar-refractivity contribution in [2.75, 3.05) is 42.5 Å². The number of aryl methyl sites for hydroxylation is 1. The molecule has 2 aromatic rings. The van der Waals surface area contributed by atoms with Gasteiger partial charge in [0.15, 0.2) is 0 Å². The summed E-state index contributed by atoms with van der Waals surface area (Å²) in [6.45, 7) is 5.99. The van der Waals surface area contributed by atoms with Crippen LogP contribution in [0.15, 0.2) is 42.7 Å². The lowest BCUT2D eigenvalue weighted by Crippen LogP contribution is -2.58. The number of nitrogens with zero attached hydrogens (tertiary/aromatic N) is 4. The maximum absolute atomic E-state index is 13.4. The van der Waals surface area contributed by atoms with Gasteiger partial charge in [0.1, 0.15) is 5.82 Å². The summed E-state index contributed by atoms with van der Waals surface area (Å²) in [5, 5.41) is 0. The Kier molecular flexibility index (Phi) is 5.07. The molecule has 0 radical (unpaired) electrons. The summed E-state index contributed by atoms with van der Waals surface area (Å²) in [4.78, 5) is 23.4. The van der Waals surface area contributed by atoms with E-state index in [-0.39, 0.29) is 17.8 Å². The highest BCUT2D eigenvalue weighted by atomic mass is 19.1. The average molecular weight is 368 g/mol. The molecule has 5 nitrogen and oxygen atoms in total. The summed E-state index contributed by atoms with van der Waals surface area (Å²) in [6.07, 6.45) is 4.84. The first-order valence-electron chi connectivity index (χ1n) is 9.59. The summed E-state index contributed by atoms with van der Waals surface area (Å²) >= 11 is 0. The second-order valence-corrected chi connectivity index (χ2v) is 7.37. The molecule has 2 aliphatic rings. The minimum atomic E-state index is -0.314. The molecule has 3 heterocycles. The van der Waals surface area contributed by atoms with Gasteiger partial charge in [-0.15, -0.1) is 0 Å². The quantitative estimate of drug-likeness (QED) is 0.835. The zero-order chi connectivity index (χ0) is 18.8. The molecule has 0 N–H and O–H groups in total. The van der Waals surface area contributed by atoms with E-state index >= 15 is 0 Å². The minimum Gasteiger partial charge on any atom is -0.368 e. The number of pyridine rings is 1. The molecule has 2 aliphatic heterocycles. The number of piperidine rings is 1.